The topological polar surface area (TPSA) is 0 Å². The van der Waals surface area contributed by atoms with Crippen LogP contribution in [0.3, 0.4) is 0 Å². The van der Waals surface area contributed by atoms with Crippen molar-refractivity contribution in [2.24, 2.45) is 0 Å². The van der Waals surface area contributed by atoms with Gasteiger partial charge in [0.2, 0.25) is 0 Å². The van der Waals surface area contributed by atoms with Crippen molar-refractivity contribution in [3.63, 3.8) is 0 Å². The first kappa shape index (κ1) is 39.4. The first-order valence-electron chi connectivity index (χ1n) is 19.8. The number of allylic oxidation sites excluding steroid dienone is 4. The van der Waals surface area contributed by atoms with E-state index in [0.29, 0.717) is 0 Å². The Hall–Kier alpha value is -2.32. The fraction of sp³-hybridized carbons (Fsp3) is 0.408. The molecule has 0 nitrogen and oxygen atoms in total. The van der Waals surface area contributed by atoms with Crippen LogP contribution in [0.15, 0.2) is 97.1 Å². The Morgan fingerprint density at radius 1 is 0.596 bits per heavy atom. The van der Waals surface area contributed by atoms with Crippen molar-refractivity contribution in [2.45, 2.75) is 126 Å². The van der Waals surface area contributed by atoms with Crippen LogP contribution in [0, 0.1) is 13.8 Å². The van der Waals surface area contributed by atoms with E-state index in [2.05, 4.69) is 166 Å². The molecule has 0 atom stereocenters. The predicted molar refractivity (Wildman–Crippen MR) is 228 cm³/mol. The van der Waals surface area contributed by atoms with Crippen LogP contribution in [0.25, 0.3) is 11.1 Å². The first-order chi connectivity index (χ1) is 24.5. The monoisotopic (exact) mass is 898 g/mol. The molecule has 0 amide bonds. The van der Waals surface area contributed by atoms with Gasteiger partial charge >= 0.3 is 326 Å². The van der Waals surface area contributed by atoms with E-state index in [-0.39, 0.29) is 18.2 Å². The Labute approximate surface area is 323 Å². The summed E-state index contributed by atoms with van der Waals surface area (Å²) >= 11 is -5.63. The van der Waals surface area contributed by atoms with E-state index in [9.17, 15) is 0 Å². The van der Waals surface area contributed by atoms with Gasteiger partial charge in [0.05, 0.1) is 0 Å². The van der Waals surface area contributed by atoms with E-state index in [1.54, 1.807) is 0 Å². The van der Waals surface area contributed by atoms with Crippen molar-refractivity contribution in [1.29, 1.82) is 0 Å². The summed E-state index contributed by atoms with van der Waals surface area (Å²) in [6.45, 7) is 23.0. The molecule has 4 aromatic rings. The van der Waals surface area contributed by atoms with Crippen LogP contribution in [-0.4, -0.2) is 3.26 Å². The molecule has 0 heterocycles. The van der Waals surface area contributed by atoms with Crippen LogP contribution >= 0.6 is 17.2 Å². The van der Waals surface area contributed by atoms with Gasteiger partial charge in [-0.05, 0) is 0 Å². The zero-order chi connectivity index (χ0) is 37.7. The third-order valence-electron chi connectivity index (χ3n) is 11.8. The number of unbranched alkanes of at least 4 members (excludes halogenated alkanes) is 2. The Balaban J connectivity index is 1.78. The molecule has 0 saturated carbocycles. The molecule has 0 spiro atoms. The van der Waals surface area contributed by atoms with Gasteiger partial charge in [-0.1, -0.05) is 0 Å². The van der Waals surface area contributed by atoms with Gasteiger partial charge < -0.3 is 0 Å². The van der Waals surface area contributed by atoms with Crippen molar-refractivity contribution in [3.8, 4) is 11.1 Å². The van der Waals surface area contributed by atoms with Crippen molar-refractivity contribution in [3.05, 3.63) is 153 Å². The minimum atomic E-state index is -5.63. The van der Waals surface area contributed by atoms with Crippen LogP contribution in [-0.2, 0) is 39.3 Å². The molecule has 0 fully saturated rings. The fourth-order valence-corrected chi connectivity index (χ4v) is 36.9. The van der Waals surface area contributed by atoms with Crippen molar-refractivity contribution in [2.75, 3.05) is 0 Å². The van der Waals surface area contributed by atoms with Gasteiger partial charge in [-0.15, -0.1) is 0 Å². The summed E-state index contributed by atoms with van der Waals surface area (Å²) in [4.78, 5) is 0. The average Bonchev–Trinajstić information content (AvgIpc) is 3.74. The zero-order valence-corrected chi connectivity index (χ0v) is 38.5. The van der Waals surface area contributed by atoms with Gasteiger partial charge in [0.15, 0.2) is 0 Å². The molecule has 3 heteroatoms. The van der Waals surface area contributed by atoms with Gasteiger partial charge in [0, 0.05) is 0 Å². The van der Waals surface area contributed by atoms with Gasteiger partial charge in [-0.3, -0.25) is 0 Å². The molecule has 0 saturated heterocycles. The number of aryl methyl sites for hydroxylation is 4. The number of fused-ring (bicyclic) bond motifs is 3. The third-order valence-corrected chi connectivity index (χ3v) is 39.9. The Kier molecular flexibility index (Phi) is 11.2. The first-order valence-corrected chi connectivity index (χ1v) is 34.6. The second kappa shape index (κ2) is 14.7. The van der Waals surface area contributed by atoms with Crippen molar-refractivity contribution < 1.29 is 15.7 Å². The fourth-order valence-electron chi connectivity index (χ4n) is 9.20. The molecule has 0 bridgehead atoms. The summed E-state index contributed by atoms with van der Waals surface area (Å²) in [7, 11) is 17.9. The molecule has 0 aromatic heterocycles. The van der Waals surface area contributed by atoms with Gasteiger partial charge in [-0.25, -0.2) is 0 Å². The van der Waals surface area contributed by atoms with Crippen LogP contribution in [0.5, 0.6) is 0 Å². The Morgan fingerprint density at radius 3 is 1.33 bits per heavy atom. The summed E-state index contributed by atoms with van der Waals surface area (Å²) in [5.74, 6) is 0. The van der Waals surface area contributed by atoms with E-state index in [4.69, 9.17) is 17.2 Å². The normalized spacial score (nSPS) is 15.0. The molecule has 52 heavy (non-hydrogen) atoms. The molecule has 0 N–H and O–H groups in total. The Morgan fingerprint density at radius 2 is 0.981 bits per heavy atom. The Bertz CT molecular complexity index is 1950. The van der Waals surface area contributed by atoms with Crippen LogP contribution in [0.4, 0.5) is 0 Å². The van der Waals surface area contributed by atoms with Gasteiger partial charge in [0.1, 0.15) is 0 Å². The molecule has 0 unspecified atom stereocenters. The predicted octanol–water partition coefficient (Wildman–Crippen LogP) is 14.8. The standard InChI is InChI=1S/C23H29.C21H26.C5H5.2ClH.Hf/c1-14-9-16-11-17-10-15(2)21(23(6,7)8)13-19(17)18(16)12-20(14)22(3,4)5;1-3-5-7-18-9-13-20(14-10-18)17-21-15-11-19(12-16-21)8-6-4-2;1-2-4-5-3-1;;;/h9-13H,1-8H3;9-16H,3-8H2,1-2H3;1-5H;2*1H;/q;;;;;+2/p-2. The summed E-state index contributed by atoms with van der Waals surface area (Å²) in [5, 5.41) is 0. The third kappa shape index (κ3) is 7.13. The summed E-state index contributed by atoms with van der Waals surface area (Å²) in [6, 6.07) is 28.5. The number of halogens is 2. The minimum absolute atomic E-state index is 0.00291. The maximum absolute atomic E-state index is 8.95. The number of hydrogen-bond donors (Lipinski definition) is 0. The quantitative estimate of drug-likeness (QED) is 0.139. The maximum atomic E-state index is 8.95. The molecule has 274 valence electrons. The number of benzene rings is 4. The molecule has 2 aliphatic carbocycles. The summed E-state index contributed by atoms with van der Waals surface area (Å²) in [5.41, 5.74) is 15.7. The second-order valence-electron chi connectivity index (χ2n) is 17.9. The molecule has 2 aliphatic rings. The number of rotatable bonds is 10. The summed E-state index contributed by atoms with van der Waals surface area (Å²) in [6.07, 6.45) is 15.9. The van der Waals surface area contributed by atoms with Gasteiger partial charge in [-0.2, -0.15) is 0 Å². The molecular formula is C49H60Cl2Hf. The SMILES string of the molecule is CCCCc1ccc([C](c2ccc(CCCC)cc2)=[Hf]([Cl])([Cl])([CH]2C=CC=C2)[CH]2c3cc(C)c(C(C)(C)C)cc3-c3cc(C(C)(C)C)c(C)cc32)cc1. The molecule has 0 aliphatic heterocycles. The van der Waals surface area contributed by atoms with E-state index < -0.39 is 15.7 Å². The van der Waals surface area contributed by atoms with Crippen molar-refractivity contribution in [1.82, 2.24) is 0 Å². The number of hydrogen-bond acceptors (Lipinski definition) is 0. The zero-order valence-electron chi connectivity index (χ0n) is 33.4. The van der Waals surface area contributed by atoms with E-state index in [1.165, 1.54) is 84.6 Å². The van der Waals surface area contributed by atoms with Crippen LogP contribution in [0.1, 0.15) is 140 Å². The second-order valence-corrected chi connectivity index (χ2v) is 47.3. The summed E-state index contributed by atoms with van der Waals surface area (Å²) < 4.78 is 0.992. The van der Waals surface area contributed by atoms with Gasteiger partial charge in [0.25, 0.3) is 0 Å². The molecular weight excluding hydrogens is 838 g/mol. The molecule has 6 rings (SSSR count). The van der Waals surface area contributed by atoms with E-state index >= 15 is 0 Å². The average molecular weight is 898 g/mol. The van der Waals surface area contributed by atoms with Crippen molar-refractivity contribution >= 4 is 20.4 Å². The van der Waals surface area contributed by atoms with Crippen LogP contribution in [0.2, 0.25) is 3.67 Å². The molecule has 0 radical (unpaired) electrons. The van der Waals surface area contributed by atoms with E-state index in [0.717, 1.165) is 24.0 Å². The van der Waals surface area contributed by atoms with Crippen LogP contribution < -0.4 is 0 Å². The van der Waals surface area contributed by atoms with E-state index in [1.807, 2.05) is 0 Å². The molecule has 4 aromatic carbocycles.